The van der Waals surface area contributed by atoms with E-state index in [1.807, 2.05) is 17.7 Å². The number of aryl methyl sites for hydroxylation is 1. The molecule has 0 spiro atoms. The van der Waals surface area contributed by atoms with Crippen molar-refractivity contribution < 1.29 is 9.90 Å². The molecule has 2 N–H and O–H groups in total. The highest BCUT2D eigenvalue weighted by molar-refractivity contribution is 5.92. The molecular formula is C14H21N3O2. The van der Waals surface area contributed by atoms with Crippen molar-refractivity contribution in [3.8, 4) is 0 Å². The first kappa shape index (κ1) is 13.8. The van der Waals surface area contributed by atoms with Gasteiger partial charge in [0.1, 0.15) is 0 Å². The van der Waals surface area contributed by atoms with Crippen LogP contribution in [0.25, 0.3) is 6.08 Å². The number of hydrogen-bond acceptors (Lipinski definition) is 3. The molecule has 0 aliphatic heterocycles. The summed E-state index contributed by atoms with van der Waals surface area (Å²) in [6.07, 6.45) is 8.82. The Morgan fingerprint density at radius 1 is 1.58 bits per heavy atom. The number of aliphatic hydroxyl groups excluding tert-OH is 1. The molecule has 0 unspecified atom stereocenters. The summed E-state index contributed by atoms with van der Waals surface area (Å²) in [5.41, 5.74) is 0.494. The molecule has 0 saturated heterocycles. The average Bonchev–Trinajstić information content (AvgIpc) is 3.05. The van der Waals surface area contributed by atoms with Crippen LogP contribution in [-0.4, -0.2) is 32.9 Å². The van der Waals surface area contributed by atoms with Gasteiger partial charge in [0, 0.05) is 18.8 Å². The Morgan fingerprint density at radius 3 is 2.95 bits per heavy atom. The van der Waals surface area contributed by atoms with Gasteiger partial charge in [-0.3, -0.25) is 9.48 Å². The van der Waals surface area contributed by atoms with Crippen LogP contribution in [0.5, 0.6) is 0 Å². The molecule has 2 rings (SSSR count). The maximum absolute atomic E-state index is 11.9. The van der Waals surface area contributed by atoms with Crippen LogP contribution in [0.2, 0.25) is 0 Å². The van der Waals surface area contributed by atoms with Gasteiger partial charge in [-0.05, 0) is 31.9 Å². The van der Waals surface area contributed by atoms with Crippen LogP contribution in [0.15, 0.2) is 18.3 Å². The van der Waals surface area contributed by atoms with E-state index in [-0.39, 0.29) is 12.5 Å². The van der Waals surface area contributed by atoms with Crippen LogP contribution in [-0.2, 0) is 11.3 Å². The van der Waals surface area contributed by atoms with E-state index in [1.165, 1.54) is 6.08 Å². The summed E-state index contributed by atoms with van der Waals surface area (Å²) in [6.45, 7) is 2.79. The third-order valence-electron chi connectivity index (χ3n) is 3.71. The first-order chi connectivity index (χ1) is 9.19. The molecule has 19 heavy (non-hydrogen) atoms. The zero-order valence-corrected chi connectivity index (χ0v) is 11.3. The number of carbonyl (C=O) groups is 1. The second kappa shape index (κ2) is 6.02. The first-order valence-electron chi connectivity index (χ1n) is 6.82. The third-order valence-corrected chi connectivity index (χ3v) is 3.71. The van der Waals surface area contributed by atoms with Crippen molar-refractivity contribution in [2.75, 3.05) is 6.61 Å². The molecule has 0 radical (unpaired) electrons. The predicted octanol–water partition coefficient (Wildman–Crippen LogP) is 1.34. The van der Waals surface area contributed by atoms with Gasteiger partial charge in [0.2, 0.25) is 5.91 Å². The van der Waals surface area contributed by atoms with Gasteiger partial charge in [0.25, 0.3) is 0 Å². The predicted molar refractivity (Wildman–Crippen MR) is 73.4 cm³/mol. The number of amides is 1. The van der Waals surface area contributed by atoms with Gasteiger partial charge in [-0.25, -0.2) is 0 Å². The summed E-state index contributed by atoms with van der Waals surface area (Å²) in [6, 6.07) is 1.87. The van der Waals surface area contributed by atoms with E-state index >= 15 is 0 Å². The van der Waals surface area contributed by atoms with Gasteiger partial charge >= 0.3 is 0 Å². The normalized spacial score (nSPS) is 18.0. The molecular weight excluding hydrogens is 242 g/mol. The van der Waals surface area contributed by atoms with Crippen molar-refractivity contribution in [1.29, 1.82) is 0 Å². The molecule has 1 saturated carbocycles. The minimum atomic E-state index is -0.410. The maximum atomic E-state index is 11.9. The summed E-state index contributed by atoms with van der Waals surface area (Å²) < 4.78 is 1.82. The molecule has 0 bridgehead atoms. The Hall–Kier alpha value is -1.62. The number of rotatable bonds is 5. The van der Waals surface area contributed by atoms with E-state index in [2.05, 4.69) is 10.4 Å². The summed E-state index contributed by atoms with van der Waals surface area (Å²) in [5.74, 6) is -0.153. The number of hydrogen-bond donors (Lipinski definition) is 2. The molecule has 1 aliphatic carbocycles. The Balaban J connectivity index is 1.97. The molecule has 5 nitrogen and oxygen atoms in total. The SMILES string of the molecule is CCn1nccc1/C=C/C(=O)NC1(CO)CCCC1. The largest absolute Gasteiger partial charge is 0.394 e. The van der Waals surface area contributed by atoms with Crippen molar-refractivity contribution in [3.05, 3.63) is 24.0 Å². The summed E-state index contributed by atoms with van der Waals surface area (Å²) in [5, 5.41) is 16.5. The lowest BCUT2D eigenvalue weighted by Crippen LogP contribution is -2.48. The van der Waals surface area contributed by atoms with E-state index in [1.54, 1.807) is 12.3 Å². The average molecular weight is 263 g/mol. The van der Waals surface area contributed by atoms with E-state index in [9.17, 15) is 9.90 Å². The number of aliphatic hydroxyl groups is 1. The smallest absolute Gasteiger partial charge is 0.244 e. The van der Waals surface area contributed by atoms with Crippen LogP contribution in [0.4, 0.5) is 0 Å². The van der Waals surface area contributed by atoms with Crippen molar-refractivity contribution >= 4 is 12.0 Å². The summed E-state index contributed by atoms with van der Waals surface area (Å²) >= 11 is 0. The van der Waals surface area contributed by atoms with Crippen LogP contribution in [0.3, 0.4) is 0 Å². The third kappa shape index (κ3) is 3.23. The van der Waals surface area contributed by atoms with Crippen molar-refractivity contribution in [1.82, 2.24) is 15.1 Å². The first-order valence-corrected chi connectivity index (χ1v) is 6.82. The molecule has 1 heterocycles. The monoisotopic (exact) mass is 263 g/mol. The van der Waals surface area contributed by atoms with E-state index < -0.39 is 5.54 Å². The molecule has 1 fully saturated rings. The molecule has 1 aromatic heterocycles. The molecule has 0 aromatic carbocycles. The molecule has 1 aromatic rings. The fourth-order valence-corrected chi connectivity index (χ4v) is 2.59. The highest BCUT2D eigenvalue weighted by Crippen LogP contribution is 2.29. The van der Waals surface area contributed by atoms with Gasteiger partial charge in [-0.2, -0.15) is 5.10 Å². The van der Waals surface area contributed by atoms with Crippen LogP contribution in [0, 0.1) is 0 Å². The van der Waals surface area contributed by atoms with E-state index in [0.717, 1.165) is 37.9 Å². The quantitative estimate of drug-likeness (QED) is 0.788. The number of aromatic nitrogens is 2. The van der Waals surface area contributed by atoms with Crippen LogP contribution in [0.1, 0.15) is 38.3 Å². The second-order valence-corrected chi connectivity index (χ2v) is 5.04. The van der Waals surface area contributed by atoms with Crippen LogP contribution >= 0.6 is 0 Å². The van der Waals surface area contributed by atoms with Crippen LogP contribution < -0.4 is 5.32 Å². The minimum Gasteiger partial charge on any atom is -0.394 e. The van der Waals surface area contributed by atoms with Crippen molar-refractivity contribution in [3.63, 3.8) is 0 Å². The Labute approximate surface area is 113 Å². The minimum absolute atomic E-state index is 0.0134. The Kier molecular flexibility index (Phi) is 4.37. The zero-order valence-electron chi connectivity index (χ0n) is 11.3. The number of carbonyl (C=O) groups excluding carboxylic acids is 1. The summed E-state index contributed by atoms with van der Waals surface area (Å²) in [4.78, 5) is 11.9. The summed E-state index contributed by atoms with van der Waals surface area (Å²) in [7, 11) is 0. The maximum Gasteiger partial charge on any atom is 0.244 e. The van der Waals surface area contributed by atoms with Gasteiger partial charge in [-0.1, -0.05) is 12.8 Å². The molecule has 5 heteroatoms. The van der Waals surface area contributed by atoms with Gasteiger partial charge < -0.3 is 10.4 Å². The van der Waals surface area contributed by atoms with Gasteiger partial charge in [0.15, 0.2) is 0 Å². The highest BCUT2D eigenvalue weighted by Gasteiger charge is 2.33. The fraction of sp³-hybridized carbons (Fsp3) is 0.571. The zero-order chi connectivity index (χ0) is 13.7. The number of nitrogens with one attached hydrogen (secondary N) is 1. The number of nitrogens with zero attached hydrogens (tertiary/aromatic N) is 2. The molecule has 0 atom stereocenters. The van der Waals surface area contributed by atoms with E-state index in [0.29, 0.717) is 0 Å². The van der Waals surface area contributed by atoms with Gasteiger partial charge in [0.05, 0.1) is 17.8 Å². The lowest BCUT2D eigenvalue weighted by Gasteiger charge is -2.27. The van der Waals surface area contributed by atoms with Crippen molar-refractivity contribution in [2.24, 2.45) is 0 Å². The molecule has 1 amide bonds. The lowest BCUT2D eigenvalue weighted by molar-refractivity contribution is -0.118. The fourth-order valence-electron chi connectivity index (χ4n) is 2.59. The molecule has 104 valence electrons. The lowest BCUT2D eigenvalue weighted by atomic mass is 9.99. The molecule has 1 aliphatic rings. The highest BCUT2D eigenvalue weighted by atomic mass is 16.3. The van der Waals surface area contributed by atoms with Gasteiger partial charge in [-0.15, -0.1) is 0 Å². The second-order valence-electron chi connectivity index (χ2n) is 5.04. The van der Waals surface area contributed by atoms with Crippen molar-refractivity contribution in [2.45, 2.75) is 44.7 Å². The topological polar surface area (TPSA) is 67.2 Å². The Bertz CT molecular complexity index is 459. The Morgan fingerprint density at radius 2 is 2.32 bits per heavy atom. The van der Waals surface area contributed by atoms with E-state index in [4.69, 9.17) is 0 Å². The standard InChI is InChI=1S/C14H21N3O2/c1-2-17-12(7-10-15-17)5-6-13(19)16-14(11-18)8-3-4-9-14/h5-7,10,18H,2-4,8-9,11H2,1H3,(H,16,19)/b6-5+.